The lowest BCUT2D eigenvalue weighted by Crippen LogP contribution is -2.04. The second-order valence-electron chi connectivity index (χ2n) is 3.54. The van der Waals surface area contributed by atoms with Gasteiger partial charge in [0.1, 0.15) is 12.4 Å². The van der Waals surface area contributed by atoms with Crippen molar-refractivity contribution in [2.24, 2.45) is 0 Å². The number of rotatable bonds is 6. The lowest BCUT2D eigenvalue weighted by molar-refractivity contribution is -0.392. The number of imidazole rings is 1. The lowest BCUT2D eigenvalue weighted by atomic mass is 10.6. The minimum absolute atomic E-state index is 0.0303. The molecule has 0 amide bonds. The number of hydrogen-bond donors (Lipinski definition) is 0. The molecule has 2 aromatic heterocycles. The fraction of sp³-hybridized carbons (Fsp3) is 0.333. The van der Waals surface area contributed by atoms with Crippen LogP contribution in [0.3, 0.4) is 0 Å². The fourth-order valence-electron chi connectivity index (χ4n) is 1.54. The third-order valence-electron chi connectivity index (χ3n) is 2.40. The van der Waals surface area contributed by atoms with E-state index in [4.69, 9.17) is 0 Å². The molecular formula is C9H9N5O4S2. The van der Waals surface area contributed by atoms with Crippen LogP contribution in [0, 0.1) is 20.2 Å². The highest BCUT2D eigenvalue weighted by Gasteiger charge is 2.19. The Morgan fingerprint density at radius 2 is 2.05 bits per heavy atom. The highest BCUT2D eigenvalue weighted by atomic mass is 32.2. The zero-order valence-corrected chi connectivity index (χ0v) is 11.9. The smallest absolute Gasteiger partial charge is 0.344 e. The van der Waals surface area contributed by atoms with Gasteiger partial charge in [0.2, 0.25) is 5.82 Å². The van der Waals surface area contributed by atoms with Crippen LogP contribution in [0.4, 0.5) is 10.8 Å². The monoisotopic (exact) mass is 315 g/mol. The van der Waals surface area contributed by atoms with E-state index in [9.17, 15) is 20.2 Å². The van der Waals surface area contributed by atoms with Crippen molar-refractivity contribution >= 4 is 33.9 Å². The Balaban J connectivity index is 2.10. The first-order valence-electron chi connectivity index (χ1n) is 5.44. The maximum Gasteiger partial charge on any atom is 0.344 e. The zero-order chi connectivity index (χ0) is 14.7. The summed E-state index contributed by atoms with van der Waals surface area (Å²) in [5.74, 6) is 0.849. The summed E-state index contributed by atoms with van der Waals surface area (Å²) in [6, 6.07) is 0. The molecule has 106 valence electrons. The first kappa shape index (κ1) is 14.4. The maximum atomic E-state index is 10.8. The van der Waals surface area contributed by atoms with Gasteiger partial charge in [-0.05, 0) is 23.2 Å². The van der Waals surface area contributed by atoms with Crippen molar-refractivity contribution < 1.29 is 9.85 Å². The third kappa shape index (κ3) is 2.93. The van der Waals surface area contributed by atoms with E-state index in [1.807, 2.05) is 0 Å². The summed E-state index contributed by atoms with van der Waals surface area (Å²) in [5.41, 5.74) is 0. The maximum absolute atomic E-state index is 10.8. The molecule has 0 aliphatic carbocycles. The summed E-state index contributed by atoms with van der Waals surface area (Å²) in [4.78, 5) is 28.3. The van der Waals surface area contributed by atoms with Gasteiger partial charge in [-0.1, -0.05) is 11.8 Å². The summed E-state index contributed by atoms with van der Waals surface area (Å²) >= 11 is 2.23. The summed E-state index contributed by atoms with van der Waals surface area (Å²) < 4.78 is 2.03. The van der Waals surface area contributed by atoms with Crippen LogP contribution in [0.5, 0.6) is 0 Å². The van der Waals surface area contributed by atoms with Crippen LogP contribution in [-0.4, -0.2) is 24.4 Å². The molecule has 0 aliphatic heterocycles. The molecule has 11 heteroatoms. The fourth-order valence-corrected chi connectivity index (χ4v) is 3.28. The van der Waals surface area contributed by atoms with Crippen LogP contribution >= 0.6 is 23.1 Å². The van der Waals surface area contributed by atoms with E-state index in [2.05, 4.69) is 9.97 Å². The Labute approximate surface area is 121 Å². The van der Waals surface area contributed by atoms with E-state index in [-0.39, 0.29) is 10.8 Å². The normalized spacial score (nSPS) is 10.7. The van der Waals surface area contributed by atoms with Crippen LogP contribution < -0.4 is 0 Å². The van der Waals surface area contributed by atoms with E-state index < -0.39 is 9.85 Å². The largest absolute Gasteiger partial charge is 0.358 e. The number of aromatic nitrogens is 3. The molecule has 0 aliphatic rings. The summed E-state index contributed by atoms with van der Waals surface area (Å²) in [5, 5.41) is 21.3. The molecule has 0 radical (unpaired) electrons. The van der Waals surface area contributed by atoms with Crippen molar-refractivity contribution in [2.45, 2.75) is 23.6 Å². The molecule has 0 N–H and O–H groups in total. The molecule has 0 atom stereocenters. The first-order valence-corrected chi connectivity index (χ1v) is 7.25. The number of thioether (sulfide) groups is 1. The average molecular weight is 315 g/mol. The quantitative estimate of drug-likeness (QED) is 0.456. The SMILES string of the molecule is CCn1c([N+](=O)[O-])cnc1CSc1ncc([N+](=O)[O-])s1. The topological polar surface area (TPSA) is 117 Å². The number of thiazole rings is 1. The van der Waals surface area contributed by atoms with Crippen LogP contribution in [0.1, 0.15) is 12.7 Å². The van der Waals surface area contributed by atoms with Gasteiger partial charge in [0, 0.05) is 0 Å². The number of nitrogens with zero attached hydrogens (tertiary/aromatic N) is 5. The molecular weight excluding hydrogens is 306 g/mol. The van der Waals surface area contributed by atoms with Gasteiger partial charge in [-0.25, -0.2) is 14.5 Å². The standard InChI is InChI=1S/C9H9N5O4S2/c1-2-12-6(10-3-7(12)13(15)16)5-19-9-11-4-8(20-9)14(17)18/h3-4H,2,5H2,1H3. The van der Waals surface area contributed by atoms with Gasteiger partial charge in [-0.2, -0.15) is 0 Å². The third-order valence-corrected chi connectivity index (χ3v) is 4.50. The number of nitro groups is 2. The molecule has 0 spiro atoms. The van der Waals surface area contributed by atoms with Crippen molar-refractivity contribution in [1.82, 2.24) is 14.5 Å². The van der Waals surface area contributed by atoms with Crippen LogP contribution in [0.15, 0.2) is 16.7 Å². The van der Waals surface area contributed by atoms with Crippen molar-refractivity contribution in [1.29, 1.82) is 0 Å². The first-order chi connectivity index (χ1) is 9.52. The lowest BCUT2D eigenvalue weighted by Gasteiger charge is -2.00. The van der Waals surface area contributed by atoms with Crippen molar-refractivity contribution in [3.8, 4) is 0 Å². The predicted octanol–water partition coefficient (Wildman–Crippen LogP) is 2.47. The molecule has 2 heterocycles. The van der Waals surface area contributed by atoms with E-state index in [0.717, 1.165) is 11.3 Å². The van der Waals surface area contributed by atoms with Gasteiger partial charge in [0.25, 0.3) is 0 Å². The van der Waals surface area contributed by atoms with Crippen LogP contribution in [0.25, 0.3) is 0 Å². The highest BCUT2D eigenvalue weighted by molar-refractivity contribution is 8.00. The van der Waals surface area contributed by atoms with E-state index in [1.165, 1.54) is 28.7 Å². The van der Waals surface area contributed by atoms with Crippen molar-refractivity contribution in [2.75, 3.05) is 0 Å². The van der Waals surface area contributed by atoms with Crippen LogP contribution in [0.2, 0.25) is 0 Å². The van der Waals surface area contributed by atoms with Gasteiger partial charge in [-0.3, -0.25) is 10.1 Å². The van der Waals surface area contributed by atoms with Gasteiger partial charge in [0.15, 0.2) is 4.34 Å². The Bertz CT molecular complexity index is 653. The molecule has 2 aromatic rings. The van der Waals surface area contributed by atoms with E-state index in [1.54, 1.807) is 6.92 Å². The molecule has 0 saturated heterocycles. The van der Waals surface area contributed by atoms with Gasteiger partial charge >= 0.3 is 10.8 Å². The molecule has 0 bridgehead atoms. The van der Waals surface area contributed by atoms with Crippen molar-refractivity contribution in [3.63, 3.8) is 0 Å². The average Bonchev–Trinajstić information content (AvgIpc) is 3.02. The molecule has 2 rings (SSSR count). The minimum Gasteiger partial charge on any atom is -0.358 e. The molecule has 0 unspecified atom stereocenters. The van der Waals surface area contributed by atoms with E-state index in [0.29, 0.717) is 22.5 Å². The predicted molar refractivity (Wildman–Crippen MR) is 72.9 cm³/mol. The second-order valence-corrected chi connectivity index (χ2v) is 5.78. The Hall–Kier alpha value is -2.01. The Morgan fingerprint density at radius 3 is 2.60 bits per heavy atom. The summed E-state index contributed by atoms with van der Waals surface area (Å²) in [7, 11) is 0. The molecule has 0 aromatic carbocycles. The summed E-state index contributed by atoms with van der Waals surface area (Å²) in [6.07, 6.45) is 2.41. The van der Waals surface area contributed by atoms with Crippen LogP contribution in [-0.2, 0) is 12.3 Å². The molecule has 0 fully saturated rings. The van der Waals surface area contributed by atoms with Gasteiger partial charge < -0.3 is 10.1 Å². The molecule has 20 heavy (non-hydrogen) atoms. The van der Waals surface area contributed by atoms with Gasteiger partial charge in [0.05, 0.1) is 17.2 Å². The second kappa shape index (κ2) is 5.96. The Morgan fingerprint density at radius 1 is 1.30 bits per heavy atom. The summed E-state index contributed by atoms with van der Waals surface area (Å²) in [6.45, 7) is 2.22. The van der Waals surface area contributed by atoms with E-state index >= 15 is 0 Å². The highest BCUT2D eigenvalue weighted by Crippen LogP contribution is 2.31. The Kier molecular flexibility index (Phi) is 4.29. The molecule has 0 saturated carbocycles. The zero-order valence-electron chi connectivity index (χ0n) is 10.3. The minimum atomic E-state index is -0.500. The molecule has 9 nitrogen and oxygen atoms in total. The van der Waals surface area contributed by atoms with Crippen molar-refractivity contribution in [3.05, 3.63) is 38.4 Å². The number of hydrogen-bond acceptors (Lipinski definition) is 8. The van der Waals surface area contributed by atoms with Gasteiger partial charge in [-0.15, -0.1) is 0 Å².